The second-order valence-corrected chi connectivity index (χ2v) is 6.27. The molecule has 1 aliphatic rings. The summed E-state index contributed by atoms with van der Waals surface area (Å²) < 4.78 is 0.152. The molecule has 6 nitrogen and oxygen atoms in total. The van der Waals surface area contributed by atoms with Gasteiger partial charge in [-0.15, -0.1) is 0 Å². The number of carbonyl (C=O) groups excluding carboxylic acids is 1. The molecule has 1 saturated carbocycles. The summed E-state index contributed by atoms with van der Waals surface area (Å²) in [5, 5.41) is 20.2. The molecule has 0 aliphatic heterocycles. The molecule has 110 valence electrons. The van der Waals surface area contributed by atoms with Crippen molar-refractivity contribution in [1.29, 1.82) is 5.26 Å². The summed E-state index contributed by atoms with van der Waals surface area (Å²) in [6.07, 6.45) is 1.70. The summed E-state index contributed by atoms with van der Waals surface area (Å²) >= 11 is 3.14. The fourth-order valence-electron chi connectivity index (χ4n) is 2.22. The molecule has 0 saturated heterocycles. The van der Waals surface area contributed by atoms with E-state index >= 15 is 0 Å². The molecule has 0 heterocycles. The lowest BCUT2D eigenvalue weighted by Gasteiger charge is -2.33. The van der Waals surface area contributed by atoms with Crippen LogP contribution in [0.1, 0.15) is 37.0 Å². The largest absolute Gasteiger partial charge is 0.317 e. The molecule has 0 radical (unpaired) electrons. The van der Waals surface area contributed by atoms with Gasteiger partial charge in [-0.05, 0) is 48.7 Å². The number of carbonyl (C=O) groups is 1. The van der Waals surface area contributed by atoms with E-state index in [4.69, 9.17) is 0 Å². The molecule has 0 aromatic heterocycles. The highest BCUT2D eigenvalue weighted by Crippen LogP contribution is 2.36. The van der Waals surface area contributed by atoms with Gasteiger partial charge in [-0.25, -0.2) is 0 Å². The molecular weight excluding hydrogens is 338 g/mol. The third kappa shape index (κ3) is 2.90. The van der Waals surface area contributed by atoms with Crippen molar-refractivity contribution in [3.05, 3.63) is 38.3 Å². The van der Waals surface area contributed by atoms with Crippen LogP contribution in [0.25, 0.3) is 0 Å². The normalized spacial score (nSPS) is 14.4. The van der Waals surface area contributed by atoms with E-state index < -0.39 is 10.5 Å². The lowest BCUT2D eigenvalue weighted by molar-refractivity contribution is -0.385. The third-order valence-corrected chi connectivity index (χ3v) is 4.25. The van der Waals surface area contributed by atoms with Crippen molar-refractivity contribution in [3.63, 3.8) is 0 Å². The number of amides is 1. The zero-order valence-electron chi connectivity index (χ0n) is 11.7. The number of nitriles is 1. The van der Waals surface area contributed by atoms with Crippen LogP contribution in [-0.2, 0) is 0 Å². The zero-order valence-corrected chi connectivity index (χ0v) is 13.3. The summed E-state index contributed by atoms with van der Waals surface area (Å²) in [5.74, 6) is -0.361. The lowest BCUT2D eigenvalue weighted by Crippen LogP contribution is -2.48. The first-order valence-corrected chi connectivity index (χ1v) is 7.26. The minimum absolute atomic E-state index is 0.0262. The summed E-state index contributed by atoms with van der Waals surface area (Å²) in [7, 11) is 0. The molecule has 0 bridgehead atoms. The van der Waals surface area contributed by atoms with Gasteiger partial charge < -0.3 is 4.90 Å². The number of halogens is 1. The van der Waals surface area contributed by atoms with Crippen LogP contribution in [0.5, 0.6) is 0 Å². The van der Waals surface area contributed by atoms with E-state index in [0.717, 1.165) is 12.8 Å². The van der Waals surface area contributed by atoms with Crippen LogP contribution in [0.15, 0.2) is 22.7 Å². The van der Waals surface area contributed by atoms with Crippen molar-refractivity contribution >= 4 is 27.5 Å². The second kappa shape index (κ2) is 5.45. The maximum absolute atomic E-state index is 12.7. The lowest BCUT2D eigenvalue weighted by atomic mass is 10.0. The number of rotatable bonds is 4. The first kappa shape index (κ1) is 15.4. The van der Waals surface area contributed by atoms with Gasteiger partial charge in [0, 0.05) is 12.1 Å². The molecule has 1 aromatic carbocycles. The Morgan fingerprint density at radius 2 is 2.14 bits per heavy atom. The molecule has 7 heteroatoms. The average molecular weight is 352 g/mol. The molecule has 1 aromatic rings. The summed E-state index contributed by atoms with van der Waals surface area (Å²) in [6, 6.07) is 6.49. The van der Waals surface area contributed by atoms with Gasteiger partial charge in [0.2, 0.25) is 0 Å². The van der Waals surface area contributed by atoms with Gasteiger partial charge in [0.15, 0.2) is 0 Å². The smallest absolute Gasteiger partial charge is 0.284 e. The van der Waals surface area contributed by atoms with E-state index in [0.29, 0.717) is 0 Å². The number of nitro benzene ring substituents is 1. The maximum Gasteiger partial charge on any atom is 0.284 e. The summed E-state index contributed by atoms with van der Waals surface area (Å²) in [5.41, 5.74) is -0.909. The minimum atomic E-state index is -0.956. The molecule has 0 N–H and O–H groups in total. The van der Waals surface area contributed by atoms with E-state index in [2.05, 4.69) is 22.0 Å². The first-order valence-electron chi connectivity index (χ1n) is 6.47. The Morgan fingerprint density at radius 3 is 2.62 bits per heavy atom. The second-order valence-electron chi connectivity index (χ2n) is 5.47. The van der Waals surface area contributed by atoms with E-state index in [1.165, 1.54) is 23.1 Å². The first-order chi connectivity index (χ1) is 9.79. The maximum atomic E-state index is 12.7. The Hall–Kier alpha value is -1.94. The molecule has 21 heavy (non-hydrogen) atoms. The Kier molecular flexibility index (Phi) is 4.01. The highest BCUT2D eigenvalue weighted by Gasteiger charge is 2.43. The number of nitro groups is 1. The van der Waals surface area contributed by atoms with Gasteiger partial charge in [0.05, 0.1) is 16.6 Å². The fourth-order valence-corrected chi connectivity index (χ4v) is 2.80. The van der Waals surface area contributed by atoms with Crippen molar-refractivity contribution in [2.75, 3.05) is 0 Å². The predicted molar refractivity (Wildman–Crippen MR) is 79.7 cm³/mol. The topological polar surface area (TPSA) is 87.2 Å². The minimum Gasteiger partial charge on any atom is -0.317 e. The Morgan fingerprint density at radius 1 is 1.52 bits per heavy atom. The molecule has 1 amide bonds. The molecule has 1 fully saturated rings. The van der Waals surface area contributed by atoms with Crippen molar-refractivity contribution in [2.24, 2.45) is 0 Å². The third-order valence-electron chi connectivity index (χ3n) is 3.41. The van der Waals surface area contributed by atoms with Crippen LogP contribution in [0, 0.1) is 21.4 Å². The van der Waals surface area contributed by atoms with Gasteiger partial charge in [-0.1, -0.05) is 6.07 Å². The SMILES string of the molecule is CC(C)(C#N)N(C(=O)c1cccc([N+](=O)[O-])c1Br)C1CC1. The molecule has 0 spiro atoms. The van der Waals surface area contributed by atoms with Crippen LogP contribution >= 0.6 is 15.9 Å². The van der Waals surface area contributed by atoms with Gasteiger partial charge in [0.25, 0.3) is 11.6 Å². The summed E-state index contributed by atoms with van der Waals surface area (Å²) in [6.45, 7) is 3.35. The van der Waals surface area contributed by atoms with Gasteiger partial charge in [-0.3, -0.25) is 14.9 Å². The zero-order chi connectivity index (χ0) is 15.8. The van der Waals surface area contributed by atoms with Gasteiger partial charge in [0.1, 0.15) is 10.0 Å². The Labute approximate surface area is 130 Å². The van der Waals surface area contributed by atoms with Crippen LogP contribution in [0.3, 0.4) is 0 Å². The number of hydrogen-bond donors (Lipinski definition) is 0. The molecule has 0 unspecified atom stereocenters. The van der Waals surface area contributed by atoms with Crippen LogP contribution < -0.4 is 0 Å². The van der Waals surface area contributed by atoms with Crippen LogP contribution in [-0.4, -0.2) is 27.3 Å². The monoisotopic (exact) mass is 351 g/mol. The van der Waals surface area contributed by atoms with Crippen LogP contribution in [0.2, 0.25) is 0 Å². The number of hydrogen-bond acceptors (Lipinski definition) is 4. The Bertz CT molecular complexity index is 647. The highest BCUT2D eigenvalue weighted by atomic mass is 79.9. The average Bonchev–Trinajstić information content (AvgIpc) is 3.23. The van der Waals surface area contributed by atoms with E-state index in [1.54, 1.807) is 13.8 Å². The molecule has 2 rings (SSSR count). The standard InChI is InChI=1S/C14H14BrN3O3/c1-14(2,8-16)17(9-6-7-9)13(19)10-4-3-5-11(12(10)15)18(20)21/h3-5,9H,6-7H2,1-2H3. The van der Waals surface area contributed by atoms with E-state index in [9.17, 15) is 20.2 Å². The van der Waals surface area contributed by atoms with Crippen molar-refractivity contribution < 1.29 is 9.72 Å². The summed E-state index contributed by atoms with van der Waals surface area (Å²) in [4.78, 5) is 24.7. The van der Waals surface area contributed by atoms with E-state index in [-0.39, 0.29) is 27.7 Å². The van der Waals surface area contributed by atoms with Crippen LogP contribution in [0.4, 0.5) is 5.69 Å². The highest BCUT2D eigenvalue weighted by molar-refractivity contribution is 9.10. The van der Waals surface area contributed by atoms with Crippen molar-refractivity contribution in [3.8, 4) is 6.07 Å². The van der Waals surface area contributed by atoms with Gasteiger partial charge in [-0.2, -0.15) is 5.26 Å². The number of nitrogens with zero attached hydrogens (tertiary/aromatic N) is 3. The number of benzene rings is 1. The predicted octanol–water partition coefficient (Wildman–Crippen LogP) is 3.26. The molecule has 0 atom stereocenters. The fraction of sp³-hybridized carbons (Fsp3) is 0.429. The van der Waals surface area contributed by atoms with Gasteiger partial charge >= 0.3 is 0 Å². The van der Waals surface area contributed by atoms with Crippen molar-refractivity contribution in [2.45, 2.75) is 38.3 Å². The van der Waals surface area contributed by atoms with E-state index in [1.807, 2.05) is 0 Å². The Balaban J connectivity index is 2.46. The molecule has 1 aliphatic carbocycles. The molecular formula is C14H14BrN3O3. The van der Waals surface area contributed by atoms with Crippen molar-refractivity contribution in [1.82, 2.24) is 4.90 Å². The quantitative estimate of drug-likeness (QED) is 0.615.